The normalized spacial score (nSPS) is 15.1. The van der Waals surface area contributed by atoms with Crippen LogP contribution in [0.2, 0.25) is 0 Å². The Balaban J connectivity index is 1.68. The Labute approximate surface area is 205 Å². The number of para-hydroxylation sites is 1. The van der Waals surface area contributed by atoms with Crippen LogP contribution in [-0.2, 0) is 22.4 Å². The van der Waals surface area contributed by atoms with E-state index in [1.54, 1.807) is 16.2 Å². The molecule has 1 N–H and O–H groups in total. The van der Waals surface area contributed by atoms with E-state index in [2.05, 4.69) is 24.1 Å². The van der Waals surface area contributed by atoms with Gasteiger partial charge in [0, 0.05) is 16.1 Å². The largest absolute Gasteiger partial charge is 0.478 e. The van der Waals surface area contributed by atoms with Crippen LogP contribution >= 0.6 is 11.3 Å². The third kappa shape index (κ3) is 4.57. The maximum atomic E-state index is 13.3. The van der Waals surface area contributed by atoms with Crippen molar-refractivity contribution in [1.82, 2.24) is 4.98 Å². The summed E-state index contributed by atoms with van der Waals surface area (Å²) in [5, 5.41) is 4.07. The summed E-state index contributed by atoms with van der Waals surface area (Å²) in [5.74, 6) is 0.182. The second kappa shape index (κ2) is 9.97. The molecule has 0 fully saturated rings. The molecule has 1 atom stereocenters. The SMILES string of the molecule is CCc1cccc(CC)c1NC(=O)CN1C(=O)C(CC)Oc2ccc(-c3nc(C)sc3C)cc21. The molecule has 6 nitrogen and oxygen atoms in total. The van der Waals surface area contributed by atoms with E-state index in [9.17, 15) is 9.59 Å². The smallest absolute Gasteiger partial charge is 0.268 e. The van der Waals surface area contributed by atoms with Crippen molar-refractivity contribution in [2.45, 2.75) is 60.0 Å². The quantitative estimate of drug-likeness (QED) is 0.474. The first kappa shape index (κ1) is 24.0. The number of benzene rings is 2. The van der Waals surface area contributed by atoms with Crippen LogP contribution in [0.5, 0.6) is 5.75 Å². The summed E-state index contributed by atoms with van der Waals surface area (Å²) in [4.78, 5) is 33.8. The van der Waals surface area contributed by atoms with Crippen LogP contribution in [0.1, 0.15) is 48.2 Å². The molecule has 1 aromatic heterocycles. The number of fused-ring (bicyclic) bond motifs is 1. The van der Waals surface area contributed by atoms with Gasteiger partial charge in [0.05, 0.1) is 16.4 Å². The van der Waals surface area contributed by atoms with Gasteiger partial charge in [0.2, 0.25) is 5.91 Å². The molecule has 0 radical (unpaired) electrons. The number of ether oxygens (including phenoxy) is 1. The van der Waals surface area contributed by atoms with Gasteiger partial charge < -0.3 is 10.1 Å². The van der Waals surface area contributed by atoms with Gasteiger partial charge in [0.1, 0.15) is 12.3 Å². The minimum atomic E-state index is -0.608. The van der Waals surface area contributed by atoms with E-state index in [0.717, 1.165) is 50.8 Å². The number of rotatable bonds is 7. The molecule has 34 heavy (non-hydrogen) atoms. The summed E-state index contributed by atoms with van der Waals surface area (Å²) in [6.07, 6.45) is 1.55. The monoisotopic (exact) mass is 477 g/mol. The summed E-state index contributed by atoms with van der Waals surface area (Å²) in [6.45, 7) is 9.99. The highest BCUT2D eigenvalue weighted by atomic mass is 32.1. The summed E-state index contributed by atoms with van der Waals surface area (Å²) < 4.78 is 5.98. The Hall–Kier alpha value is -3.19. The Morgan fingerprint density at radius 3 is 2.41 bits per heavy atom. The number of aromatic nitrogens is 1. The van der Waals surface area contributed by atoms with Gasteiger partial charge in [0.25, 0.3) is 5.91 Å². The lowest BCUT2D eigenvalue weighted by molar-refractivity contribution is -0.128. The van der Waals surface area contributed by atoms with Crippen LogP contribution in [-0.4, -0.2) is 29.4 Å². The van der Waals surface area contributed by atoms with Crippen LogP contribution in [0, 0.1) is 13.8 Å². The lowest BCUT2D eigenvalue weighted by atomic mass is 10.0. The van der Waals surface area contributed by atoms with Gasteiger partial charge >= 0.3 is 0 Å². The van der Waals surface area contributed by atoms with Crippen LogP contribution in [0.15, 0.2) is 36.4 Å². The van der Waals surface area contributed by atoms with Crippen molar-refractivity contribution < 1.29 is 14.3 Å². The molecule has 1 unspecified atom stereocenters. The first-order valence-corrected chi connectivity index (χ1v) is 12.6. The lowest BCUT2D eigenvalue weighted by Crippen LogP contribution is -2.48. The first-order valence-electron chi connectivity index (χ1n) is 11.8. The van der Waals surface area contributed by atoms with Gasteiger partial charge in [-0.05, 0) is 62.4 Å². The fourth-order valence-corrected chi connectivity index (χ4v) is 5.26. The molecule has 0 aliphatic carbocycles. The van der Waals surface area contributed by atoms with Crippen LogP contribution < -0.4 is 15.0 Å². The Morgan fingerprint density at radius 2 is 1.82 bits per heavy atom. The van der Waals surface area contributed by atoms with Crippen molar-refractivity contribution in [3.8, 4) is 17.0 Å². The zero-order valence-electron chi connectivity index (χ0n) is 20.4. The maximum Gasteiger partial charge on any atom is 0.268 e. The van der Waals surface area contributed by atoms with E-state index < -0.39 is 6.10 Å². The van der Waals surface area contributed by atoms with Crippen molar-refractivity contribution in [2.24, 2.45) is 0 Å². The maximum absolute atomic E-state index is 13.3. The summed E-state index contributed by atoms with van der Waals surface area (Å²) in [6, 6.07) is 11.8. The molecule has 0 saturated heterocycles. The van der Waals surface area contributed by atoms with Crippen LogP contribution in [0.4, 0.5) is 11.4 Å². The summed E-state index contributed by atoms with van der Waals surface area (Å²) in [7, 11) is 0. The molecular formula is C27H31N3O3S. The molecule has 4 rings (SSSR count). The molecule has 0 saturated carbocycles. The molecule has 7 heteroatoms. The van der Waals surface area contributed by atoms with Crippen LogP contribution in [0.3, 0.4) is 0 Å². The number of carbonyl (C=O) groups is 2. The van der Waals surface area contributed by atoms with Crippen molar-refractivity contribution in [3.63, 3.8) is 0 Å². The highest BCUT2D eigenvalue weighted by Gasteiger charge is 2.35. The molecule has 0 bridgehead atoms. The highest BCUT2D eigenvalue weighted by molar-refractivity contribution is 7.11. The number of nitrogens with one attached hydrogen (secondary N) is 1. The van der Waals surface area contributed by atoms with Crippen molar-refractivity contribution >= 4 is 34.5 Å². The fraction of sp³-hybridized carbons (Fsp3) is 0.370. The van der Waals surface area contributed by atoms with Gasteiger partial charge in [-0.1, -0.05) is 39.0 Å². The van der Waals surface area contributed by atoms with E-state index in [1.807, 2.05) is 57.2 Å². The molecule has 3 aromatic rings. The molecule has 0 spiro atoms. The lowest BCUT2D eigenvalue weighted by Gasteiger charge is -2.34. The fourth-order valence-electron chi connectivity index (χ4n) is 4.41. The van der Waals surface area contributed by atoms with Gasteiger partial charge in [0.15, 0.2) is 6.10 Å². The standard InChI is InChI=1S/C27H31N3O3S/c1-6-18-10-9-11-19(7-2)26(18)29-24(31)15-30-21-14-20(25-16(4)34-17(5)28-25)12-13-23(21)33-22(8-3)27(30)32/h9-14,22H,6-8,15H2,1-5H3,(H,29,31). The van der Waals surface area contributed by atoms with Crippen molar-refractivity contribution in [2.75, 3.05) is 16.8 Å². The van der Waals surface area contributed by atoms with Gasteiger partial charge in [-0.25, -0.2) is 4.98 Å². The number of carbonyl (C=O) groups excluding carboxylic acids is 2. The van der Waals surface area contributed by atoms with Gasteiger partial charge in [-0.3, -0.25) is 14.5 Å². The minimum Gasteiger partial charge on any atom is -0.478 e. The molecular weight excluding hydrogens is 446 g/mol. The number of hydrogen-bond donors (Lipinski definition) is 1. The number of hydrogen-bond acceptors (Lipinski definition) is 5. The predicted octanol–water partition coefficient (Wildman–Crippen LogP) is 5.69. The average Bonchev–Trinajstić information content (AvgIpc) is 3.18. The van der Waals surface area contributed by atoms with Gasteiger partial charge in [-0.2, -0.15) is 0 Å². The van der Waals surface area contributed by atoms with Crippen molar-refractivity contribution in [1.29, 1.82) is 0 Å². The topological polar surface area (TPSA) is 71.5 Å². The number of aryl methyl sites for hydroxylation is 4. The second-order valence-corrected chi connectivity index (χ2v) is 9.87. The van der Waals surface area contributed by atoms with Gasteiger partial charge in [-0.15, -0.1) is 11.3 Å². The third-order valence-electron chi connectivity index (χ3n) is 6.17. The molecule has 2 heterocycles. The Bertz CT molecular complexity index is 1210. The second-order valence-electron chi connectivity index (χ2n) is 8.47. The van der Waals surface area contributed by atoms with E-state index >= 15 is 0 Å². The molecule has 2 aromatic carbocycles. The molecule has 178 valence electrons. The Morgan fingerprint density at radius 1 is 1.12 bits per heavy atom. The predicted molar refractivity (Wildman–Crippen MR) is 138 cm³/mol. The summed E-state index contributed by atoms with van der Waals surface area (Å²) >= 11 is 1.64. The molecule has 2 amide bonds. The van der Waals surface area contributed by atoms with E-state index in [1.165, 1.54) is 0 Å². The molecule has 1 aliphatic heterocycles. The summed E-state index contributed by atoms with van der Waals surface area (Å²) in [5.41, 5.74) is 5.43. The van der Waals surface area contributed by atoms with E-state index in [4.69, 9.17) is 4.74 Å². The highest BCUT2D eigenvalue weighted by Crippen LogP contribution is 2.39. The molecule has 1 aliphatic rings. The zero-order chi connectivity index (χ0) is 24.4. The first-order chi connectivity index (χ1) is 16.4. The Kier molecular flexibility index (Phi) is 7.03. The number of thiazole rings is 1. The van der Waals surface area contributed by atoms with E-state index in [-0.39, 0.29) is 18.4 Å². The van der Waals surface area contributed by atoms with E-state index in [0.29, 0.717) is 17.9 Å². The van der Waals surface area contributed by atoms with Crippen molar-refractivity contribution in [3.05, 3.63) is 57.4 Å². The average molecular weight is 478 g/mol. The number of nitrogens with zero attached hydrogens (tertiary/aromatic N) is 2. The minimum absolute atomic E-state index is 0.0780. The third-order valence-corrected chi connectivity index (χ3v) is 7.06. The number of anilines is 2. The van der Waals surface area contributed by atoms with Crippen LogP contribution in [0.25, 0.3) is 11.3 Å². The zero-order valence-corrected chi connectivity index (χ0v) is 21.2. The number of amides is 2.